The molecule has 1 heterocycles. The third-order valence-corrected chi connectivity index (χ3v) is 3.46. The van der Waals surface area contributed by atoms with Crippen LogP contribution >= 0.6 is 11.8 Å². The molecule has 0 aliphatic heterocycles. The first-order chi connectivity index (χ1) is 8.97. The Balaban J connectivity index is 1.87. The zero-order chi connectivity index (χ0) is 13.9. The molecule has 0 unspecified atom stereocenters. The summed E-state index contributed by atoms with van der Waals surface area (Å²) in [6.45, 7) is -1.15. The van der Waals surface area contributed by atoms with Crippen LogP contribution in [0.3, 0.4) is 0 Å². The van der Waals surface area contributed by atoms with Crippen molar-refractivity contribution in [2.75, 3.05) is 19.0 Å². The highest BCUT2D eigenvalue weighted by Crippen LogP contribution is 2.22. The van der Waals surface area contributed by atoms with Crippen LogP contribution in [-0.4, -0.2) is 34.7 Å². The van der Waals surface area contributed by atoms with Crippen molar-refractivity contribution in [2.24, 2.45) is 7.05 Å². The number of alkyl halides is 3. The van der Waals surface area contributed by atoms with E-state index in [1.54, 1.807) is 0 Å². The fourth-order valence-corrected chi connectivity index (χ4v) is 2.47. The second kappa shape index (κ2) is 5.83. The van der Waals surface area contributed by atoms with E-state index in [4.69, 9.17) is 0 Å². The Labute approximate surface area is 112 Å². The third-order valence-electron chi connectivity index (χ3n) is 2.47. The van der Waals surface area contributed by atoms with Crippen molar-refractivity contribution >= 4 is 22.8 Å². The first-order valence-electron chi connectivity index (χ1n) is 5.66. The Morgan fingerprint density at radius 3 is 2.74 bits per heavy atom. The SMILES string of the molecule is Cn1c(SCCOCC(F)(F)F)nc2ccccc21. The zero-order valence-corrected chi connectivity index (χ0v) is 11.1. The molecule has 1 aromatic heterocycles. The van der Waals surface area contributed by atoms with Gasteiger partial charge in [-0.1, -0.05) is 23.9 Å². The van der Waals surface area contributed by atoms with Crippen LogP contribution in [0.4, 0.5) is 13.2 Å². The molecular formula is C12H13F3N2OS. The summed E-state index contributed by atoms with van der Waals surface area (Å²) in [6.07, 6.45) is -4.26. The van der Waals surface area contributed by atoms with Crippen LogP contribution in [0.5, 0.6) is 0 Å². The van der Waals surface area contributed by atoms with E-state index in [1.165, 1.54) is 11.8 Å². The molecule has 0 spiro atoms. The molecule has 3 nitrogen and oxygen atoms in total. The van der Waals surface area contributed by atoms with Gasteiger partial charge in [0, 0.05) is 12.8 Å². The van der Waals surface area contributed by atoms with E-state index < -0.39 is 12.8 Å². The van der Waals surface area contributed by atoms with Crippen molar-refractivity contribution in [1.82, 2.24) is 9.55 Å². The second-order valence-corrected chi connectivity index (χ2v) is 5.02. The summed E-state index contributed by atoms with van der Waals surface area (Å²) in [5, 5.41) is 0.775. The maximum absolute atomic E-state index is 11.9. The van der Waals surface area contributed by atoms with Crippen molar-refractivity contribution in [2.45, 2.75) is 11.3 Å². The van der Waals surface area contributed by atoms with Gasteiger partial charge >= 0.3 is 6.18 Å². The normalized spacial score (nSPS) is 12.2. The fraction of sp³-hybridized carbons (Fsp3) is 0.417. The maximum Gasteiger partial charge on any atom is 0.411 e. The average molecular weight is 290 g/mol. The predicted molar refractivity (Wildman–Crippen MR) is 68.3 cm³/mol. The molecule has 2 rings (SSSR count). The highest BCUT2D eigenvalue weighted by atomic mass is 32.2. The van der Waals surface area contributed by atoms with E-state index in [-0.39, 0.29) is 6.61 Å². The van der Waals surface area contributed by atoms with Gasteiger partial charge in [0.05, 0.1) is 17.6 Å². The van der Waals surface area contributed by atoms with Gasteiger partial charge in [-0.25, -0.2) is 4.98 Å². The van der Waals surface area contributed by atoms with Crippen molar-refractivity contribution in [1.29, 1.82) is 0 Å². The number of nitrogens with zero attached hydrogens (tertiary/aromatic N) is 2. The lowest BCUT2D eigenvalue weighted by Crippen LogP contribution is -2.17. The molecular weight excluding hydrogens is 277 g/mol. The summed E-state index contributed by atoms with van der Waals surface area (Å²) in [4.78, 5) is 4.41. The number of imidazole rings is 1. The lowest BCUT2D eigenvalue weighted by Gasteiger charge is -2.07. The van der Waals surface area contributed by atoms with E-state index in [0.717, 1.165) is 16.2 Å². The molecule has 0 aliphatic rings. The number of aryl methyl sites for hydroxylation is 1. The summed E-state index contributed by atoms with van der Waals surface area (Å²) in [7, 11) is 1.88. The van der Waals surface area contributed by atoms with Gasteiger partial charge in [0.15, 0.2) is 5.16 Å². The van der Waals surface area contributed by atoms with Gasteiger partial charge in [0.1, 0.15) is 6.61 Å². The Morgan fingerprint density at radius 1 is 1.32 bits per heavy atom. The number of hydrogen-bond acceptors (Lipinski definition) is 3. The quantitative estimate of drug-likeness (QED) is 0.625. The second-order valence-electron chi connectivity index (χ2n) is 3.96. The van der Waals surface area contributed by atoms with Crippen LogP contribution < -0.4 is 0 Å². The van der Waals surface area contributed by atoms with Crippen molar-refractivity contribution in [3.63, 3.8) is 0 Å². The average Bonchev–Trinajstić information content (AvgIpc) is 2.65. The molecule has 0 fully saturated rings. The van der Waals surface area contributed by atoms with E-state index in [0.29, 0.717) is 5.75 Å². The summed E-state index contributed by atoms with van der Waals surface area (Å²) < 4.78 is 42.1. The van der Waals surface area contributed by atoms with Gasteiger partial charge in [-0.2, -0.15) is 13.2 Å². The Hall–Kier alpha value is -1.21. The van der Waals surface area contributed by atoms with Crippen molar-refractivity contribution in [3.05, 3.63) is 24.3 Å². The van der Waals surface area contributed by atoms with E-state index in [9.17, 15) is 13.2 Å². The molecule has 104 valence electrons. The van der Waals surface area contributed by atoms with Crippen LogP contribution in [0.2, 0.25) is 0 Å². The molecule has 0 atom stereocenters. The van der Waals surface area contributed by atoms with Gasteiger partial charge in [0.2, 0.25) is 0 Å². The minimum atomic E-state index is -4.26. The Kier molecular flexibility index (Phi) is 4.36. The van der Waals surface area contributed by atoms with E-state index in [2.05, 4.69) is 9.72 Å². The molecule has 2 aromatic rings. The highest BCUT2D eigenvalue weighted by molar-refractivity contribution is 7.99. The predicted octanol–water partition coefficient (Wildman–Crippen LogP) is 3.24. The summed E-state index contributed by atoms with van der Waals surface area (Å²) >= 11 is 1.38. The lowest BCUT2D eigenvalue weighted by atomic mass is 10.3. The first kappa shape index (κ1) is 14.2. The van der Waals surface area contributed by atoms with Gasteiger partial charge in [-0.15, -0.1) is 0 Å². The van der Waals surface area contributed by atoms with Crippen molar-refractivity contribution < 1.29 is 17.9 Å². The minimum absolute atomic E-state index is 0.0490. The third kappa shape index (κ3) is 3.87. The monoisotopic (exact) mass is 290 g/mol. The number of para-hydroxylation sites is 2. The molecule has 0 radical (unpaired) electrons. The largest absolute Gasteiger partial charge is 0.411 e. The molecule has 0 saturated heterocycles. The maximum atomic E-state index is 11.9. The number of thioether (sulfide) groups is 1. The minimum Gasteiger partial charge on any atom is -0.371 e. The van der Waals surface area contributed by atoms with E-state index >= 15 is 0 Å². The number of rotatable bonds is 5. The number of halogens is 3. The molecule has 1 aromatic carbocycles. The molecule has 7 heteroatoms. The topological polar surface area (TPSA) is 27.1 Å². The zero-order valence-electron chi connectivity index (χ0n) is 10.3. The molecule has 0 saturated carbocycles. The molecule has 0 amide bonds. The summed E-state index contributed by atoms with van der Waals surface area (Å²) in [5.41, 5.74) is 1.88. The van der Waals surface area contributed by atoms with Crippen LogP contribution in [0.15, 0.2) is 29.4 Å². The van der Waals surface area contributed by atoms with Gasteiger partial charge in [0.25, 0.3) is 0 Å². The summed E-state index contributed by atoms with van der Waals surface area (Å²) in [6, 6.07) is 7.67. The highest BCUT2D eigenvalue weighted by Gasteiger charge is 2.27. The fourth-order valence-electron chi connectivity index (χ4n) is 1.63. The number of ether oxygens (including phenoxy) is 1. The molecule has 0 N–H and O–H groups in total. The lowest BCUT2D eigenvalue weighted by molar-refractivity contribution is -0.172. The molecule has 19 heavy (non-hydrogen) atoms. The standard InChI is InChI=1S/C12H13F3N2OS/c1-17-10-5-3-2-4-9(10)16-11(17)19-7-6-18-8-12(13,14)15/h2-5H,6-8H2,1H3. The number of hydrogen-bond donors (Lipinski definition) is 0. The van der Waals surface area contributed by atoms with E-state index in [1.807, 2.05) is 35.9 Å². The summed E-state index contributed by atoms with van der Waals surface area (Å²) in [5.74, 6) is 0.438. The smallest absolute Gasteiger partial charge is 0.371 e. The van der Waals surface area contributed by atoms with Crippen LogP contribution in [0, 0.1) is 0 Å². The van der Waals surface area contributed by atoms with Gasteiger partial charge in [-0.05, 0) is 12.1 Å². The molecule has 0 bridgehead atoms. The van der Waals surface area contributed by atoms with Crippen LogP contribution in [0.1, 0.15) is 0 Å². The first-order valence-corrected chi connectivity index (χ1v) is 6.65. The van der Waals surface area contributed by atoms with Crippen molar-refractivity contribution in [3.8, 4) is 0 Å². The van der Waals surface area contributed by atoms with Gasteiger partial charge < -0.3 is 9.30 Å². The Morgan fingerprint density at radius 2 is 2.05 bits per heavy atom. The number of benzene rings is 1. The number of aromatic nitrogens is 2. The number of fused-ring (bicyclic) bond motifs is 1. The Bertz CT molecular complexity index is 553. The van der Waals surface area contributed by atoms with Gasteiger partial charge in [-0.3, -0.25) is 0 Å². The van der Waals surface area contributed by atoms with Crippen LogP contribution in [0.25, 0.3) is 11.0 Å². The van der Waals surface area contributed by atoms with Crippen LogP contribution in [-0.2, 0) is 11.8 Å². The molecule has 0 aliphatic carbocycles.